The lowest BCUT2D eigenvalue weighted by atomic mass is 9.87. The number of halogens is 3. The number of pyridine rings is 1. The topological polar surface area (TPSA) is 33.2 Å². The first-order valence-electron chi connectivity index (χ1n) is 13.5. The van der Waals surface area contributed by atoms with Crippen LogP contribution >= 0.6 is 11.6 Å². The molecule has 1 aromatic heterocycles. The third kappa shape index (κ3) is 5.04. The van der Waals surface area contributed by atoms with Crippen molar-refractivity contribution in [1.29, 1.82) is 0 Å². The molecule has 1 atom stereocenters. The summed E-state index contributed by atoms with van der Waals surface area (Å²) in [5.74, 6) is -2.13. The van der Waals surface area contributed by atoms with E-state index in [1.807, 2.05) is 0 Å². The Balaban J connectivity index is 1.92. The number of piperidine rings is 1. The molecule has 1 aliphatic heterocycles. The number of aromatic nitrogens is 1. The fraction of sp³-hybridized carbons (Fsp3) is 0.429. The van der Waals surface area contributed by atoms with Gasteiger partial charge in [-0.25, -0.2) is 8.78 Å². The van der Waals surface area contributed by atoms with Gasteiger partial charge in [-0.15, -0.1) is 0 Å². The van der Waals surface area contributed by atoms with Crippen LogP contribution in [-0.4, -0.2) is 34.5 Å². The number of likely N-dealkylation sites (tertiary alicyclic amines) is 1. The maximum atomic E-state index is 16.4. The van der Waals surface area contributed by atoms with Gasteiger partial charge < -0.3 is 4.90 Å². The SMILES string of the molecule is [2H]C([2H])([2H])c1ccc(C([2H])([2H])CCC2(F)C([2H])([2H])CN(C(=O)c3ccc(F)c(Cl)c3)C([2H])([2H])C2([2H])[2H])nc1. The molecular formula is C21H23ClF2N2O. The molecule has 1 fully saturated rings. The van der Waals surface area contributed by atoms with E-state index >= 15 is 4.39 Å². The van der Waals surface area contributed by atoms with Crippen molar-refractivity contribution in [3.63, 3.8) is 0 Å². The maximum Gasteiger partial charge on any atom is 0.253 e. The highest BCUT2D eigenvalue weighted by Gasteiger charge is 2.35. The minimum atomic E-state index is -3.68. The molecule has 1 aromatic carbocycles. The Morgan fingerprint density at radius 3 is 3.00 bits per heavy atom. The second kappa shape index (κ2) is 8.34. The number of carbonyl (C=O) groups excluding carboxylic acids is 1. The number of nitrogens with zero attached hydrogens (tertiary/aromatic N) is 2. The second-order valence-electron chi connectivity index (χ2n) is 5.84. The molecule has 6 heteroatoms. The first kappa shape index (κ1) is 9.97. The number of aryl methyl sites for hydroxylation is 2. The summed E-state index contributed by atoms with van der Waals surface area (Å²) in [4.78, 5) is 17.0. The van der Waals surface area contributed by atoms with Gasteiger partial charge in [-0.1, -0.05) is 17.7 Å². The van der Waals surface area contributed by atoms with E-state index in [1.165, 1.54) is 0 Å². The Hall–Kier alpha value is -2.01. The highest BCUT2D eigenvalue weighted by molar-refractivity contribution is 6.31. The number of amides is 1. The molecule has 0 N–H and O–H groups in total. The summed E-state index contributed by atoms with van der Waals surface area (Å²) in [5, 5.41) is -0.484. The predicted octanol–water partition coefficient (Wildman–Crippen LogP) is 5.15. The van der Waals surface area contributed by atoms with Gasteiger partial charge in [0.05, 0.1) is 5.02 Å². The van der Waals surface area contributed by atoms with Crippen LogP contribution < -0.4 is 0 Å². The zero-order valence-corrected chi connectivity index (χ0v) is 14.8. The Morgan fingerprint density at radius 1 is 1.44 bits per heavy atom. The average Bonchev–Trinajstić information content (AvgIpc) is 2.80. The molecule has 1 saturated heterocycles. The van der Waals surface area contributed by atoms with E-state index in [0.717, 1.165) is 36.5 Å². The molecule has 3 rings (SSSR count). The summed E-state index contributed by atoms with van der Waals surface area (Å²) < 4.78 is 118. The van der Waals surface area contributed by atoms with Gasteiger partial charge >= 0.3 is 0 Å². The predicted molar refractivity (Wildman–Crippen MR) is 102 cm³/mol. The number of hydrogen-bond donors (Lipinski definition) is 0. The average molecular weight is 404 g/mol. The van der Waals surface area contributed by atoms with Gasteiger partial charge in [-0.05, 0) is 68.6 Å². The normalized spacial score (nSPS) is 32.6. The van der Waals surface area contributed by atoms with Crippen molar-refractivity contribution >= 4 is 17.5 Å². The smallest absolute Gasteiger partial charge is 0.253 e. The number of carbonyl (C=O) groups is 1. The van der Waals surface area contributed by atoms with Crippen molar-refractivity contribution in [2.24, 2.45) is 0 Å². The van der Waals surface area contributed by atoms with E-state index in [0.29, 0.717) is 0 Å². The zero-order valence-electron chi connectivity index (χ0n) is 25.0. The first-order valence-corrected chi connectivity index (χ1v) is 8.39. The van der Waals surface area contributed by atoms with E-state index < -0.39 is 74.3 Å². The highest BCUT2D eigenvalue weighted by atomic mass is 35.5. The molecule has 1 unspecified atom stereocenters. The van der Waals surface area contributed by atoms with Crippen molar-refractivity contribution in [1.82, 2.24) is 9.88 Å². The maximum absolute atomic E-state index is 16.4. The van der Waals surface area contributed by atoms with Crippen LogP contribution in [0.4, 0.5) is 8.78 Å². The summed E-state index contributed by atoms with van der Waals surface area (Å²) in [6, 6.07) is 4.81. The lowest BCUT2D eigenvalue weighted by molar-refractivity contribution is 0.0389. The van der Waals surface area contributed by atoms with Crippen molar-refractivity contribution in [3.05, 3.63) is 64.2 Å². The summed E-state index contributed by atoms with van der Waals surface area (Å²) in [5.41, 5.74) is -4.47. The molecule has 3 nitrogen and oxygen atoms in total. The summed E-state index contributed by atoms with van der Waals surface area (Å²) in [6.45, 7) is -7.15. The fourth-order valence-corrected chi connectivity index (χ4v) is 2.54. The Bertz CT molecular complexity index is 1220. The number of alkyl halides is 1. The van der Waals surface area contributed by atoms with E-state index in [2.05, 4.69) is 4.98 Å². The fourth-order valence-electron chi connectivity index (χ4n) is 2.36. The van der Waals surface area contributed by atoms with Gasteiger partial charge in [0.25, 0.3) is 5.91 Å². The number of hydrogen-bond acceptors (Lipinski definition) is 2. The van der Waals surface area contributed by atoms with Crippen LogP contribution in [0.5, 0.6) is 0 Å². The van der Waals surface area contributed by atoms with Gasteiger partial charge in [-0.3, -0.25) is 9.78 Å². The number of benzene rings is 1. The molecule has 0 bridgehead atoms. The summed E-state index contributed by atoms with van der Waals surface area (Å²) in [7, 11) is 0. The third-order valence-electron chi connectivity index (χ3n) is 3.86. The zero-order chi connectivity index (χ0) is 29.1. The molecule has 27 heavy (non-hydrogen) atoms. The van der Waals surface area contributed by atoms with E-state index in [4.69, 9.17) is 26.7 Å². The lowest BCUT2D eigenvalue weighted by Gasteiger charge is -2.36. The van der Waals surface area contributed by atoms with Crippen LogP contribution in [0, 0.1) is 12.7 Å². The molecular weight excluding hydrogens is 370 g/mol. The van der Waals surface area contributed by atoms with Gasteiger partial charge in [0.2, 0.25) is 0 Å². The van der Waals surface area contributed by atoms with Gasteiger partial charge in [0, 0.05) is 45.6 Å². The molecule has 0 radical (unpaired) electrons. The van der Waals surface area contributed by atoms with E-state index in [1.54, 1.807) is 0 Å². The first-order chi connectivity index (χ1) is 17.1. The minimum Gasteiger partial charge on any atom is -0.338 e. The number of rotatable bonds is 5. The lowest BCUT2D eigenvalue weighted by Crippen LogP contribution is -2.44. The molecule has 144 valence electrons. The van der Waals surface area contributed by atoms with Crippen LogP contribution in [0.15, 0.2) is 36.5 Å². The quantitative estimate of drug-likeness (QED) is 0.691. The van der Waals surface area contributed by atoms with Crippen molar-refractivity contribution in [3.8, 4) is 0 Å². The standard InChI is InChI=1S/C21H23ClF2N2O/c1-15-4-6-17(25-14-15)3-2-8-21(24)9-11-26(12-10-21)20(27)16-5-7-19(23)18(22)13-16/h4-7,13-14H,2-3,8-12H2,1H3/i1D3,3D2,9D2,10D2,11D2. The van der Waals surface area contributed by atoms with Gasteiger partial charge in [0.1, 0.15) is 11.5 Å². The molecule has 0 spiro atoms. The molecule has 0 saturated carbocycles. The van der Waals surface area contributed by atoms with Crippen molar-refractivity contribution < 1.29 is 28.7 Å². The van der Waals surface area contributed by atoms with E-state index in [-0.39, 0.29) is 21.7 Å². The van der Waals surface area contributed by atoms with Crippen LogP contribution in [0.1, 0.15) is 62.3 Å². The van der Waals surface area contributed by atoms with Crippen LogP contribution in [-0.2, 0) is 6.37 Å². The Morgan fingerprint density at radius 2 is 2.30 bits per heavy atom. The molecule has 2 heterocycles. The van der Waals surface area contributed by atoms with Crippen LogP contribution in [0.25, 0.3) is 0 Å². The molecule has 1 amide bonds. The van der Waals surface area contributed by atoms with E-state index in [9.17, 15) is 9.18 Å². The van der Waals surface area contributed by atoms with Gasteiger partial charge in [0.15, 0.2) is 0 Å². The summed E-state index contributed by atoms with van der Waals surface area (Å²) >= 11 is 5.67. The van der Waals surface area contributed by atoms with Crippen LogP contribution in [0.3, 0.4) is 0 Å². The largest absolute Gasteiger partial charge is 0.338 e. The minimum absolute atomic E-state index is 0.167. The third-order valence-corrected chi connectivity index (χ3v) is 4.15. The van der Waals surface area contributed by atoms with Crippen molar-refractivity contribution in [2.75, 3.05) is 13.0 Å². The highest BCUT2D eigenvalue weighted by Crippen LogP contribution is 2.32. The molecule has 0 aliphatic carbocycles. The second-order valence-corrected chi connectivity index (χ2v) is 6.25. The molecule has 2 aromatic rings. The monoisotopic (exact) mass is 403 g/mol. The molecule has 1 aliphatic rings. The Kier molecular flexibility index (Phi) is 3.08. The van der Waals surface area contributed by atoms with Gasteiger partial charge in [-0.2, -0.15) is 0 Å². The Labute approximate surface area is 178 Å². The summed E-state index contributed by atoms with van der Waals surface area (Å²) in [6.07, 6.45) is -10.4. The van der Waals surface area contributed by atoms with Crippen LogP contribution in [0.2, 0.25) is 5.02 Å². The van der Waals surface area contributed by atoms with Crippen molar-refractivity contribution in [2.45, 2.75) is 44.5 Å².